The summed E-state index contributed by atoms with van der Waals surface area (Å²) in [6.45, 7) is 4.42. The molecule has 0 amide bonds. The molecule has 1 aliphatic rings. The quantitative estimate of drug-likeness (QED) is 0.0307. The van der Waals surface area contributed by atoms with Crippen LogP contribution in [0.1, 0.15) is 92.9 Å². The predicted octanol–water partition coefficient (Wildman–Crippen LogP) is 9.77. The maximum Gasteiger partial charge on any atom is 0.417 e. The third kappa shape index (κ3) is 16.6. The van der Waals surface area contributed by atoms with Gasteiger partial charge in [-0.3, -0.25) is 0 Å². The lowest BCUT2D eigenvalue weighted by atomic mass is 9.84. The number of anilines is 1. The zero-order valence-electron chi connectivity index (χ0n) is 36.1. The van der Waals surface area contributed by atoms with Crippen molar-refractivity contribution in [3.05, 3.63) is 138 Å². The van der Waals surface area contributed by atoms with Crippen LogP contribution in [-0.2, 0) is 45.6 Å². The van der Waals surface area contributed by atoms with E-state index in [1.54, 1.807) is 24.3 Å². The summed E-state index contributed by atoms with van der Waals surface area (Å²) in [5.41, 5.74) is 9.20. The third-order valence-corrected chi connectivity index (χ3v) is 14.4. The summed E-state index contributed by atoms with van der Waals surface area (Å²) in [6.07, 6.45) is 8.91. The van der Waals surface area contributed by atoms with Crippen LogP contribution in [0.15, 0.2) is 125 Å². The van der Waals surface area contributed by atoms with Gasteiger partial charge in [-0.1, -0.05) is 123 Å². The maximum atomic E-state index is 13.0. The number of nitrogen functional groups attached to an aromatic ring is 1. The van der Waals surface area contributed by atoms with Gasteiger partial charge in [-0.2, -0.15) is 13.2 Å². The van der Waals surface area contributed by atoms with Crippen molar-refractivity contribution in [2.24, 2.45) is 5.92 Å². The van der Waals surface area contributed by atoms with E-state index in [1.165, 1.54) is 78.1 Å². The molecule has 1 unspecified atom stereocenters. The molecule has 0 fully saturated rings. The number of nitrogens with one attached hydrogen (secondary N) is 4. The fourth-order valence-corrected chi connectivity index (χ4v) is 10.4. The molecule has 0 radical (unpaired) electrons. The fraction of sp³-hybridized carbons (Fsp3) is 0.429. The number of para-hydroxylation sites is 1. The molecule has 6 N–H and O–H groups in total. The number of sulfonamides is 2. The topological polar surface area (TPSA) is 142 Å². The minimum Gasteiger partial charge on any atom is -0.398 e. The van der Waals surface area contributed by atoms with E-state index in [0.717, 1.165) is 82.8 Å². The van der Waals surface area contributed by atoms with Crippen molar-refractivity contribution >= 4 is 36.5 Å². The van der Waals surface area contributed by atoms with Gasteiger partial charge in [-0.15, -0.1) is 0 Å². The van der Waals surface area contributed by atoms with E-state index in [-0.39, 0.29) is 17.1 Å². The van der Waals surface area contributed by atoms with E-state index in [1.807, 2.05) is 12.1 Å². The predicted molar refractivity (Wildman–Crippen MR) is 249 cm³/mol. The molecular formula is C49H64F3N5O4S2. The van der Waals surface area contributed by atoms with Crippen LogP contribution in [0.25, 0.3) is 10.8 Å². The molecule has 1 aliphatic carbocycles. The fourth-order valence-electron chi connectivity index (χ4n) is 7.87. The second-order valence-electron chi connectivity index (χ2n) is 16.3. The number of nitrogens with two attached hydrogens (primary N) is 1. The lowest BCUT2D eigenvalue weighted by molar-refractivity contribution is -0.139. The van der Waals surface area contributed by atoms with Gasteiger partial charge in [0.1, 0.15) is 4.90 Å². The molecule has 0 bridgehead atoms. The molecule has 0 saturated carbocycles. The van der Waals surface area contributed by atoms with Crippen molar-refractivity contribution < 1.29 is 30.0 Å². The number of fused-ring (bicyclic) bond motifs is 2. The van der Waals surface area contributed by atoms with Gasteiger partial charge < -0.3 is 16.4 Å². The average molecular weight is 908 g/mol. The van der Waals surface area contributed by atoms with Crippen LogP contribution >= 0.6 is 0 Å². The third-order valence-electron chi connectivity index (χ3n) is 11.4. The molecule has 5 aromatic carbocycles. The maximum absolute atomic E-state index is 13.0. The second kappa shape index (κ2) is 25.2. The number of hydrogen-bond acceptors (Lipinski definition) is 7. The zero-order valence-corrected chi connectivity index (χ0v) is 37.8. The Hall–Kier alpha value is -4.31. The van der Waals surface area contributed by atoms with Gasteiger partial charge >= 0.3 is 6.18 Å². The lowest BCUT2D eigenvalue weighted by Crippen LogP contribution is -2.28. The summed E-state index contributed by atoms with van der Waals surface area (Å²) in [5.74, 6) is 0.768. The Kier molecular flexibility index (Phi) is 19.9. The summed E-state index contributed by atoms with van der Waals surface area (Å²) in [7, 11) is -7.71. The van der Waals surface area contributed by atoms with Crippen molar-refractivity contribution in [2.75, 3.05) is 38.5 Å². The number of rotatable bonds is 24. The van der Waals surface area contributed by atoms with Gasteiger partial charge in [0, 0.05) is 19.6 Å². The van der Waals surface area contributed by atoms with Crippen LogP contribution in [0, 0.1) is 5.92 Å². The Morgan fingerprint density at radius 2 is 1.08 bits per heavy atom. The Morgan fingerprint density at radius 3 is 1.75 bits per heavy atom. The van der Waals surface area contributed by atoms with Crippen LogP contribution in [0.3, 0.4) is 0 Å². The smallest absolute Gasteiger partial charge is 0.398 e. The van der Waals surface area contributed by atoms with Crippen molar-refractivity contribution in [2.45, 2.75) is 106 Å². The lowest BCUT2D eigenvalue weighted by Gasteiger charge is -2.24. The zero-order chi connectivity index (χ0) is 45.0. The molecule has 9 nitrogen and oxygen atoms in total. The first-order chi connectivity index (χ1) is 30.3. The Morgan fingerprint density at radius 1 is 0.556 bits per heavy atom. The molecule has 0 aliphatic heterocycles. The van der Waals surface area contributed by atoms with Crippen molar-refractivity contribution in [1.29, 1.82) is 0 Å². The van der Waals surface area contributed by atoms with Gasteiger partial charge in [-0.05, 0) is 128 Å². The van der Waals surface area contributed by atoms with Crippen LogP contribution in [-0.4, -0.2) is 49.6 Å². The summed E-state index contributed by atoms with van der Waals surface area (Å²) in [5, 5.41) is 9.48. The summed E-state index contributed by atoms with van der Waals surface area (Å²) in [4.78, 5) is -0.565. The molecular weight excluding hydrogens is 844 g/mol. The molecule has 0 heterocycles. The van der Waals surface area contributed by atoms with Crippen molar-refractivity contribution in [3.8, 4) is 0 Å². The average Bonchev–Trinajstić information content (AvgIpc) is 3.27. The largest absolute Gasteiger partial charge is 0.417 e. The Bertz CT molecular complexity index is 2380. The first kappa shape index (κ1) is 49.7. The first-order valence-corrected chi connectivity index (χ1v) is 25.3. The molecule has 0 aromatic heterocycles. The van der Waals surface area contributed by atoms with E-state index in [0.29, 0.717) is 13.0 Å². The second-order valence-corrected chi connectivity index (χ2v) is 19.8. The van der Waals surface area contributed by atoms with Gasteiger partial charge in [0.25, 0.3) is 0 Å². The van der Waals surface area contributed by atoms with Crippen molar-refractivity contribution in [3.63, 3.8) is 0 Å². The van der Waals surface area contributed by atoms with Crippen LogP contribution < -0.4 is 25.8 Å². The molecule has 14 heteroatoms. The van der Waals surface area contributed by atoms with Gasteiger partial charge in [-0.25, -0.2) is 26.3 Å². The highest BCUT2D eigenvalue weighted by Crippen LogP contribution is 2.34. The normalized spacial score (nSPS) is 14.2. The standard InChI is InChI=1S/C25H37N3O2S.C24H27F3N2O2S/c26-24-13-7-8-14-25(24)31(29,30)28-18-10-4-2-1-3-9-17-27-20-21-15-16-22-11-5-6-12-23(22)19-21;25-24(26,27)22-11-5-6-12-23(22)32(30,31)29-16-8-2-1-7-15-28-18-19-13-14-20-9-3-4-10-21(20)17-19/h5-8,11-14,21,27-28H,1-4,9-10,15-20,26H2;3-6,9-14,17,28-29H,1-2,7-8,15-16,18H2. The summed E-state index contributed by atoms with van der Waals surface area (Å²) >= 11 is 0. The summed E-state index contributed by atoms with van der Waals surface area (Å²) in [6, 6.07) is 34.3. The van der Waals surface area contributed by atoms with Gasteiger partial charge in [0.15, 0.2) is 0 Å². The minimum atomic E-state index is -4.72. The number of aryl methyl sites for hydroxylation is 1. The number of benzene rings is 5. The Labute approximate surface area is 373 Å². The number of halogens is 3. The number of hydrogen-bond donors (Lipinski definition) is 5. The molecule has 0 saturated heterocycles. The minimum absolute atomic E-state index is 0.110. The van der Waals surface area contributed by atoms with E-state index in [2.05, 4.69) is 74.7 Å². The van der Waals surface area contributed by atoms with Crippen LogP contribution in [0.2, 0.25) is 0 Å². The van der Waals surface area contributed by atoms with E-state index < -0.39 is 36.7 Å². The Balaban J connectivity index is 0.000000238. The highest BCUT2D eigenvalue weighted by atomic mass is 32.2. The monoisotopic (exact) mass is 907 g/mol. The highest BCUT2D eigenvalue weighted by Gasteiger charge is 2.36. The molecule has 63 heavy (non-hydrogen) atoms. The van der Waals surface area contributed by atoms with E-state index in [9.17, 15) is 30.0 Å². The van der Waals surface area contributed by atoms with Crippen LogP contribution in [0.4, 0.5) is 18.9 Å². The highest BCUT2D eigenvalue weighted by molar-refractivity contribution is 7.90. The van der Waals surface area contributed by atoms with Crippen LogP contribution in [0.5, 0.6) is 0 Å². The van der Waals surface area contributed by atoms with E-state index >= 15 is 0 Å². The van der Waals surface area contributed by atoms with Gasteiger partial charge in [0.05, 0.1) is 16.1 Å². The van der Waals surface area contributed by atoms with Gasteiger partial charge in [0.2, 0.25) is 20.0 Å². The molecule has 6 rings (SSSR count). The molecule has 5 aromatic rings. The molecule has 342 valence electrons. The summed E-state index contributed by atoms with van der Waals surface area (Å²) < 4.78 is 93.2. The van der Waals surface area contributed by atoms with E-state index in [4.69, 9.17) is 5.73 Å². The van der Waals surface area contributed by atoms with Crippen molar-refractivity contribution in [1.82, 2.24) is 20.1 Å². The molecule has 1 atom stereocenters. The number of alkyl halides is 3. The molecule has 0 spiro atoms. The number of unbranched alkanes of at least 4 members (excludes halogenated alkanes) is 8. The SMILES string of the molecule is Nc1ccccc1S(=O)(=O)NCCCCCCCCNCC1CCc2ccccc2C1.O=S(=O)(NCCCCCCNCc1ccc2ccccc2c1)c1ccccc1C(F)(F)F. The first-order valence-electron chi connectivity index (χ1n) is 22.3.